The van der Waals surface area contributed by atoms with Crippen LogP contribution in [0.25, 0.3) is 5.69 Å². The monoisotopic (exact) mass is 295 g/mol. The molecule has 0 fully saturated rings. The second-order valence-corrected chi connectivity index (χ2v) is 4.65. The average molecular weight is 296 g/mol. The normalized spacial score (nSPS) is 11.5. The summed E-state index contributed by atoms with van der Waals surface area (Å²) in [6.07, 6.45) is 1.38. The molecule has 0 aliphatic heterocycles. The third kappa shape index (κ3) is 2.63. The Morgan fingerprint density at radius 3 is 2.29 bits per heavy atom. The lowest BCUT2D eigenvalue weighted by Gasteiger charge is -2.15. The minimum absolute atomic E-state index is 0.181. The fourth-order valence-electron chi connectivity index (χ4n) is 1.47. The van der Waals surface area contributed by atoms with Gasteiger partial charge in [0.1, 0.15) is 0 Å². The molecule has 0 bridgehead atoms. The zero-order valence-electron chi connectivity index (χ0n) is 8.75. The van der Waals surface area contributed by atoms with Crippen molar-refractivity contribution in [2.45, 2.75) is 4.70 Å². The molecular formula is C12H10BrNO3. The number of para-hydroxylation sites is 1. The van der Waals surface area contributed by atoms with Gasteiger partial charge in [0.15, 0.2) is 0 Å². The van der Waals surface area contributed by atoms with E-state index in [-0.39, 0.29) is 11.1 Å². The Kier molecular flexibility index (Phi) is 3.15. The zero-order valence-corrected chi connectivity index (χ0v) is 10.3. The van der Waals surface area contributed by atoms with Crippen LogP contribution in [0, 0.1) is 0 Å². The third-order valence-electron chi connectivity index (χ3n) is 2.31. The third-order valence-corrected chi connectivity index (χ3v) is 2.77. The van der Waals surface area contributed by atoms with Crippen LogP contribution < -0.4 is 5.56 Å². The van der Waals surface area contributed by atoms with E-state index in [0.717, 1.165) is 0 Å². The van der Waals surface area contributed by atoms with Crippen molar-refractivity contribution in [3.05, 3.63) is 64.6 Å². The summed E-state index contributed by atoms with van der Waals surface area (Å²) in [7, 11) is 0. The number of aromatic nitrogens is 1. The molecule has 1 heterocycles. The van der Waals surface area contributed by atoms with Crippen LogP contribution in [0.2, 0.25) is 0 Å². The number of pyridine rings is 1. The quantitative estimate of drug-likeness (QED) is 0.649. The lowest BCUT2D eigenvalue weighted by atomic mass is 10.2. The van der Waals surface area contributed by atoms with Gasteiger partial charge in [-0.3, -0.25) is 9.36 Å². The maximum Gasteiger partial charge on any atom is 0.255 e. The maximum absolute atomic E-state index is 11.7. The first-order chi connectivity index (χ1) is 7.98. The van der Waals surface area contributed by atoms with Gasteiger partial charge in [0, 0.05) is 23.5 Å². The van der Waals surface area contributed by atoms with Gasteiger partial charge in [0.2, 0.25) is 0 Å². The first-order valence-corrected chi connectivity index (χ1v) is 5.70. The molecule has 0 unspecified atom stereocenters. The van der Waals surface area contributed by atoms with E-state index in [0.29, 0.717) is 5.69 Å². The Morgan fingerprint density at radius 1 is 1.06 bits per heavy atom. The molecule has 1 aromatic heterocycles. The van der Waals surface area contributed by atoms with Crippen LogP contribution in [0.15, 0.2) is 53.5 Å². The van der Waals surface area contributed by atoms with Gasteiger partial charge >= 0.3 is 0 Å². The van der Waals surface area contributed by atoms with Gasteiger partial charge in [-0.15, -0.1) is 0 Å². The van der Waals surface area contributed by atoms with Gasteiger partial charge in [-0.2, -0.15) is 0 Å². The van der Waals surface area contributed by atoms with E-state index >= 15 is 0 Å². The second kappa shape index (κ2) is 4.44. The van der Waals surface area contributed by atoms with Gasteiger partial charge in [0.05, 0.1) is 0 Å². The SMILES string of the molecule is O=c1ccc(C(O)(O)Br)cn1-c1ccccc1. The molecule has 0 spiro atoms. The van der Waals surface area contributed by atoms with Gasteiger partial charge in [-0.1, -0.05) is 18.2 Å². The topological polar surface area (TPSA) is 62.5 Å². The molecule has 0 aliphatic rings. The highest BCUT2D eigenvalue weighted by atomic mass is 79.9. The molecule has 0 saturated carbocycles. The molecule has 0 atom stereocenters. The van der Waals surface area contributed by atoms with E-state index in [1.54, 1.807) is 24.3 Å². The molecule has 17 heavy (non-hydrogen) atoms. The zero-order chi connectivity index (χ0) is 12.5. The highest BCUT2D eigenvalue weighted by Gasteiger charge is 2.22. The van der Waals surface area contributed by atoms with Crippen LogP contribution in [0.4, 0.5) is 0 Å². The van der Waals surface area contributed by atoms with Crippen molar-refractivity contribution in [1.29, 1.82) is 0 Å². The van der Waals surface area contributed by atoms with Crippen LogP contribution in [0.5, 0.6) is 0 Å². The molecule has 0 radical (unpaired) electrons. The fourth-order valence-corrected chi connectivity index (χ4v) is 1.70. The lowest BCUT2D eigenvalue weighted by Crippen LogP contribution is -2.22. The van der Waals surface area contributed by atoms with E-state index < -0.39 is 4.70 Å². The summed E-state index contributed by atoms with van der Waals surface area (Å²) >= 11 is 2.71. The smallest absolute Gasteiger partial charge is 0.255 e. The van der Waals surface area contributed by atoms with E-state index in [2.05, 4.69) is 15.9 Å². The fraction of sp³-hybridized carbons (Fsp3) is 0.0833. The van der Waals surface area contributed by atoms with E-state index in [4.69, 9.17) is 0 Å². The van der Waals surface area contributed by atoms with Crippen molar-refractivity contribution in [1.82, 2.24) is 4.57 Å². The Morgan fingerprint density at radius 2 is 1.71 bits per heavy atom. The first kappa shape index (κ1) is 12.0. The molecule has 1 aromatic carbocycles. The van der Waals surface area contributed by atoms with Crippen LogP contribution >= 0.6 is 15.9 Å². The Balaban J connectivity index is 2.59. The molecule has 0 aliphatic carbocycles. The molecule has 2 N–H and O–H groups in total. The first-order valence-electron chi connectivity index (χ1n) is 4.91. The van der Waals surface area contributed by atoms with Crippen molar-refractivity contribution >= 4 is 15.9 Å². The van der Waals surface area contributed by atoms with E-state index in [1.165, 1.54) is 22.9 Å². The lowest BCUT2D eigenvalue weighted by molar-refractivity contribution is -0.0745. The van der Waals surface area contributed by atoms with Crippen LogP contribution in [-0.4, -0.2) is 14.8 Å². The van der Waals surface area contributed by atoms with E-state index in [9.17, 15) is 15.0 Å². The van der Waals surface area contributed by atoms with Crippen molar-refractivity contribution in [3.8, 4) is 5.69 Å². The number of halogens is 1. The number of nitrogens with zero attached hydrogens (tertiary/aromatic N) is 1. The Hall–Kier alpha value is -1.43. The van der Waals surface area contributed by atoms with Crippen molar-refractivity contribution in [3.63, 3.8) is 0 Å². The molecule has 0 amide bonds. The van der Waals surface area contributed by atoms with Gasteiger partial charge < -0.3 is 10.2 Å². The highest BCUT2D eigenvalue weighted by molar-refractivity contribution is 9.09. The molecular weight excluding hydrogens is 286 g/mol. The molecule has 5 heteroatoms. The number of alkyl halides is 1. The summed E-state index contributed by atoms with van der Waals surface area (Å²) < 4.78 is -0.797. The van der Waals surface area contributed by atoms with E-state index in [1.807, 2.05) is 6.07 Å². The summed E-state index contributed by atoms with van der Waals surface area (Å²) in [5, 5.41) is 18.8. The Bertz CT molecular complexity index is 572. The van der Waals surface area contributed by atoms with Gasteiger partial charge in [-0.25, -0.2) is 0 Å². The summed E-state index contributed by atoms with van der Waals surface area (Å²) in [5.74, 6) is 0. The van der Waals surface area contributed by atoms with Crippen LogP contribution in [-0.2, 0) is 4.70 Å². The number of aliphatic hydroxyl groups is 2. The number of rotatable bonds is 2. The molecule has 0 saturated heterocycles. The molecule has 4 nitrogen and oxygen atoms in total. The maximum atomic E-state index is 11.7. The average Bonchev–Trinajstić information content (AvgIpc) is 2.29. The van der Waals surface area contributed by atoms with Crippen molar-refractivity contribution in [2.75, 3.05) is 0 Å². The summed E-state index contributed by atoms with van der Waals surface area (Å²) in [6, 6.07) is 11.6. The molecule has 2 rings (SSSR count). The highest BCUT2D eigenvalue weighted by Crippen LogP contribution is 2.23. The van der Waals surface area contributed by atoms with Crippen molar-refractivity contribution < 1.29 is 10.2 Å². The van der Waals surface area contributed by atoms with Crippen LogP contribution in [0.1, 0.15) is 5.56 Å². The number of hydrogen-bond acceptors (Lipinski definition) is 3. The number of benzene rings is 1. The predicted octanol–water partition coefficient (Wildman–Crippen LogP) is 1.33. The molecule has 2 aromatic rings. The summed E-state index contributed by atoms with van der Waals surface area (Å²) in [5.41, 5.74) is 0.605. The second-order valence-electron chi connectivity index (χ2n) is 3.55. The van der Waals surface area contributed by atoms with Crippen molar-refractivity contribution in [2.24, 2.45) is 0 Å². The van der Waals surface area contributed by atoms with Crippen LogP contribution in [0.3, 0.4) is 0 Å². The minimum Gasteiger partial charge on any atom is -0.353 e. The Labute approximate surface area is 106 Å². The summed E-state index contributed by atoms with van der Waals surface area (Å²) in [4.78, 5) is 11.7. The minimum atomic E-state index is -2.14. The largest absolute Gasteiger partial charge is 0.353 e. The summed E-state index contributed by atoms with van der Waals surface area (Å²) in [6.45, 7) is 0. The van der Waals surface area contributed by atoms with Gasteiger partial charge in [0.25, 0.3) is 10.3 Å². The molecule has 88 valence electrons. The predicted molar refractivity (Wildman–Crippen MR) is 67.1 cm³/mol. The standard InChI is InChI=1S/C12H10BrNO3/c13-12(16,17)9-6-7-11(15)14(8-9)10-4-2-1-3-5-10/h1-8,16-17H. The van der Waals surface area contributed by atoms with Gasteiger partial charge in [-0.05, 0) is 34.1 Å². The number of hydrogen-bond donors (Lipinski definition) is 2.